The minimum atomic E-state index is -0.216. The summed E-state index contributed by atoms with van der Waals surface area (Å²) in [5.74, 6) is 0. The number of nitrogens with zero attached hydrogens (tertiary/aromatic N) is 2. The molecule has 0 fully saturated rings. The van der Waals surface area contributed by atoms with Gasteiger partial charge in [-0.1, -0.05) is 148 Å². The van der Waals surface area contributed by atoms with Crippen LogP contribution in [0.1, 0.15) is 25.0 Å². The van der Waals surface area contributed by atoms with Crippen LogP contribution in [0.2, 0.25) is 0 Å². The van der Waals surface area contributed by atoms with E-state index >= 15 is 0 Å². The van der Waals surface area contributed by atoms with Crippen molar-refractivity contribution in [2.75, 3.05) is 4.90 Å². The van der Waals surface area contributed by atoms with Crippen LogP contribution in [0.3, 0.4) is 0 Å². The molecule has 1 aliphatic rings. The van der Waals surface area contributed by atoms with E-state index in [-0.39, 0.29) is 5.41 Å². The van der Waals surface area contributed by atoms with Gasteiger partial charge in [0.2, 0.25) is 0 Å². The Balaban J connectivity index is 1.11. The maximum Gasteiger partial charge on any atom is 0.143 e. The molecule has 2 aromatic heterocycles. The second kappa shape index (κ2) is 13.1. The van der Waals surface area contributed by atoms with Crippen LogP contribution in [0, 0.1) is 0 Å². The van der Waals surface area contributed by atoms with Crippen molar-refractivity contribution in [3.05, 3.63) is 212 Å². The molecule has 10 aromatic rings. The molecule has 0 amide bonds. The van der Waals surface area contributed by atoms with Crippen LogP contribution in [-0.2, 0) is 5.41 Å². The lowest BCUT2D eigenvalue weighted by Gasteiger charge is -2.31. The van der Waals surface area contributed by atoms with E-state index in [4.69, 9.17) is 4.42 Å². The van der Waals surface area contributed by atoms with Gasteiger partial charge in [0.25, 0.3) is 0 Å². The first-order valence-corrected chi connectivity index (χ1v) is 20.0. The summed E-state index contributed by atoms with van der Waals surface area (Å²) in [5.41, 5.74) is 14.6. The first-order chi connectivity index (χ1) is 28.5. The van der Waals surface area contributed by atoms with E-state index in [1.54, 1.807) is 0 Å². The molecule has 0 radical (unpaired) electrons. The van der Waals surface area contributed by atoms with Gasteiger partial charge in [-0.3, -0.25) is 0 Å². The first kappa shape index (κ1) is 33.9. The quantitative estimate of drug-likeness (QED) is 0.152. The molecule has 0 atom stereocenters. The fourth-order valence-corrected chi connectivity index (χ4v) is 9.57. The van der Waals surface area contributed by atoms with Crippen molar-refractivity contribution < 1.29 is 4.42 Å². The smallest absolute Gasteiger partial charge is 0.143 e. The summed E-state index contributed by atoms with van der Waals surface area (Å²) in [4.78, 5) is 2.38. The molecule has 11 rings (SSSR count). The lowest BCUT2D eigenvalue weighted by molar-refractivity contribution is 0.660. The Bertz CT molecular complexity index is 3300. The van der Waals surface area contributed by atoms with Gasteiger partial charge in [0.05, 0.1) is 22.4 Å². The third kappa shape index (κ3) is 5.06. The number of aromatic nitrogens is 1. The van der Waals surface area contributed by atoms with E-state index in [2.05, 4.69) is 218 Å². The third-order valence-corrected chi connectivity index (χ3v) is 12.2. The highest BCUT2D eigenvalue weighted by Crippen LogP contribution is 2.53. The molecule has 0 unspecified atom stereocenters. The van der Waals surface area contributed by atoms with Crippen molar-refractivity contribution in [3.8, 4) is 22.3 Å². The van der Waals surface area contributed by atoms with E-state index in [0.717, 1.165) is 66.6 Å². The van der Waals surface area contributed by atoms with Gasteiger partial charge in [0, 0.05) is 49.8 Å². The number of benzene rings is 8. The van der Waals surface area contributed by atoms with Crippen molar-refractivity contribution in [3.63, 3.8) is 0 Å². The molecular weight excluding hydrogens is 705 g/mol. The zero-order chi connectivity index (χ0) is 39.0. The number of allylic oxidation sites excluding steroid dienone is 4. The predicted octanol–water partition coefficient (Wildman–Crippen LogP) is 15.2. The molecule has 0 saturated carbocycles. The maximum absolute atomic E-state index is 6.54. The van der Waals surface area contributed by atoms with E-state index in [1.165, 1.54) is 38.4 Å². The fraction of sp³-hybridized carbons (Fsp3) is 0.0545. The zero-order valence-corrected chi connectivity index (χ0v) is 32.5. The number of anilines is 2. The predicted molar refractivity (Wildman–Crippen MR) is 246 cm³/mol. The average molecular weight is 745 g/mol. The van der Waals surface area contributed by atoms with E-state index in [9.17, 15) is 0 Å². The third-order valence-electron chi connectivity index (χ3n) is 12.2. The van der Waals surface area contributed by atoms with Gasteiger partial charge in [-0.2, -0.15) is 0 Å². The number of furan rings is 1. The van der Waals surface area contributed by atoms with Crippen LogP contribution >= 0.6 is 0 Å². The summed E-state index contributed by atoms with van der Waals surface area (Å²) in [6.45, 7) is 9.01. The Morgan fingerprint density at radius 2 is 1.24 bits per heavy atom. The van der Waals surface area contributed by atoms with Gasteiger partial charge >= 0.3 is 0 Å². The Kier molecular flexibility index (Phi) is 7.67. The Labute approximate surface area is 337 Å². The highest BCUT2D eigenvalue weighted by molar-refractivity contribution is 6.16. The Morgan fingerprint density at radius 3 is 2.03 bits per heavy atom. The molecular formula is C55H40N2O. The largest absolute Gasteiger partial charge is 0.455 e. The summed E-state index contributed by atoms with van der Waals surface area (Å²) < 4.78 is 8.85. The molecule has 58 heavy (non-hydrogen) atoms. The summed E-state index contributed by atoms with van der Waals surface area (Å²) >= 11 is 0. The Hall–Kier alpha value is -7.36. The van der Waals surface area contributed by atoms with E-state index in [1.807, 2.05) is 6.08 Å². The second-order valence-corrected chi connectivity index (χ2v) is 15.7. The monoisotopic (exact) mass is 744 g/mol. The molecule has 2 heterocycles. The number of rotatable bonds is 7. The van der Waals surface area contributed by atoms with Crippen LogP contribution in [0.4, 0.5) is 11.4 Å². The van der Waals surface area contributed by atoms with Crippen molar-refractivity contribution >= 4 is 71.6 Å². The molecule has 3 nitrogen and oxygen atoms in total. The van der Waals surface area contributed by atoms with Crippen LogP contribution in [0.25, 0.3) is 82.5 Å². The van der Waals surface area contributed by atoms with Crippen LogP contribution < -0.4 is 4.90 Å². The fourth-order valence-electron chi connectivity index (χ4n) is 9.57. The number of hydrogen-bond acceptors (Lipinski definition) is 2. The minimum absolute atomic E-state index is 0.216. The maximum atomic E-state index is 6.54. The van der Waals surface area contributed by atoms with Crippen molar-refractivity contribution in [1.82, 2.24) is 4.57 Å². The molecule has 0 spiro atoms. The van der Waals surface area contributed by atoms with E-state index in [0.29, 0.717) is 0 Å². The van der Waals surface area contributed by atoms with Gasteiger partial charge in [0.1, 0.15) is 11.2 Å². The molecule has 8 aromatic carbocycles. The van der Waals surface area contributed by atoms with Crippen molar-refractivity contribution in [2.45, 2.75) is 19.3 Å². The standard InChI is InChI=1S/C55H40N2O/c1-4-38(57-49-27-13-9-22-42(49)43-23-10-14-28-50(43)57)18-16-34-56(51-29-15-24-44-41-21-7-11-25-47(41)55(2,3)53(44)51)48-26-12-8-19-39(48)37-31-33-52-46(35-37)45-32-30-36-17-5-6-20-40(36)54(45)58-52/h4-35H,1H2,2-3H3/b34-16+,38-18+. The van der Waals surface area contributed by atoms with Gasteiger partial charge in [0.15, 0.2) is 0 Å². The van der Waals surface area contributed by atoms with Crippen LogP contribution in [0.5, 0.6) is 0 Å². The van der Waals surface area contributed by atoms with Gasteiger partial charge < -0.3 is 13.9 Å². The lowest BCUT2D eigenvalue weighted by Crippen LogP contribution is -2.20. The Morgan fingerprint density at radius 1 is 0.586 bits per heavy atom. The highest BCUT2D eigenvalue weighted by Gasteiger charge is 2.38. The average Bonchev–Trinajstić information content (AvgIpc) is 3.89. The number of fused-ring (bicyclic) bond motifs is 11. The highest BCUT2D eigenvalue weighted by atomic mass is 16.3. The number of hydrogen-bond donors (Lipinski definition) is 0. The minimum Gasteiger partial charge on any atom is -0.455 e. The van der Waals surface area contributed by atoms with Gasteiger partial charge in [-0.25, -0.2) is 0 Å². The molecule has 0 saturated heterocycles. The van der Waals surface area contributed by atoms with Crippen molar-refractivity contribution in [2.24, 2.45) is 0 Å². The summed E-state index contributed by atoms with van der Waals surface area (Å²) in [7, 11) is 0. The molecule has 0 bridgehead atoms. The lowest BCUT2D eigenvalue weighted by atomic mass is 9.81. The first-order valence-electron chi connectivity index (χ1n) is 20.0. The summed E-state index contributed by atoms with van der Waals surface area (Å²) in [5, 5.41) is 6.98. The van der Waals surface area contributed by atoms with Gasteiger partial charge in [-0.05, 0) is 93.9 Å². The normalized spacial score (nSPS) is 13.6. The summed E-state index contributed by atoms with van der Waals surface area (Å²) in [6, 6.07) is 61.0. The molecule has 3 heteroatoms. The van der Waals surface area contributed by atoms with Crippen LogP contribution in [-0.4, -0.2) is 4.57 Å². The summed E-state index contributed by atoms with van der Waals surface area (Å²) in [6.07, 6.45) is 8.53. The SMILES string of the molecule is C=C/C(=C\C=C\N(c1ccccc1-c1ccc2oc3c4ccccc4ccc3c2c1)c1cccc2c1C(C)(C)c1ccccc1-2)n1c2ccccc2c2ccccc21. The number of para-hydroxylation sites is 3. The topological polar surface area (TPSA) is 21.3 Å². The zero-order valence-electron chi connectivity index (χ0n) is 32.5. The van der Waals surface area contributed by atoms with Gasteiger partial charge in [-0.15, -0.1) is 0 Å². The second-order valence-electron chi connectivity index (χ2n) is 15.7. The van der Waals surface area contributed by atoms with Crippen LogP contribution in [0.15, 0.2) is 205 Å². The molecule has 1 aliphatic carbocycles. The van der Waals surface area contributed by atoms with Crippen molar-refractivity contribution in [1.29, 1.82) is 0 Å². The molecule has 276 valence electrons. The molecule has 0 N–H and O–H groups in total. The van der Waals surface area contributed by atoms with E-state index < -0.39 is 0 Å². The molecule has 0 aliphatic heterocycles.